The maximum Gasteiger partial charge on any atom is 0.174 e. The van der Waals surface area contributed by atoms with Crippen LogP contribution < -0.4 is 0 Å². The summed E-state index contributed by atoms with van der Waals surface area (Å²) in [4.78, 5) is 17.5. The molecule has 1 aromatic heterocycles. The van der Waals surface area contributed by atoms with Crippen molar-refractivity contribution in [3.8, 4) is 0 Å². The number of ketones is 1. The predicted octanol–water partition coefficient (Wildman–Crippen LogP) is 5.13. The molecule has 0 amide bonds. The van der Waals surface area contributed by atoms with E-state index in [2.05, 4.69) is 17.6 Å². The molecule has 0 N–H and O–H groups in total. The van der Waals surface area contributed by atoms with Crippen LogP contribution in [0.15, 0.2) is 35.3 Å². The molecule has 1 atom stereocenters. The third kappa shape index (κ3) is 4.18. The second kappa shape index (κ2) is 8.25. The first-order valence-corrected chi connectivity index (χ1v) is 11.3. The van der Waals surface area contributed by atoms with Gasteiger partial charge in [-0.05, 0) is 44.4 Å². The highest BCUT2D eigenvalue weighted by Crippen LogP contribution is 2.34. The summed E-state index contributed by atoms with van der Waals surface area (Å²) in [6, 6.07) is 10.2. The Bertz CT molecular complexity index is 882. The minimum Gasteiger partial charge on any atom is -0.376 e. The van der Waals surface area contributed by atoms with Crippen molar-refractivity contribution < 1.29 is 9.53 Å². The first-order chi connectivity index (χ1) is 13.1. The van der Waals surface area contributed by atoms with Crippen LogP contribution in [-0.2, 0) is 17.0 Å². The first-order valence-electron chi connectivity index (χ1n) is 9.35. The molecular weight excluding hydrogens is 376 g/mol. The lowest BCUT2D eigenvalue weighted by Gasteiger charge is -2.15. The fraction of sp³-hybridized carbons (Fsp3) is 0.429. The second-order valence-electron chi connectivity index (χ2n) is 7.04. The Balaban J connectivity index is 1.42. The number of nitrogens with zero attached hydrogens (tertiary/aromatic N) is 2. The minimum atomic E-state index is 0.175. The van der Waals surface area contributed by atoms with Crippen molar-refractivity contribution in [3.05, 3.63) is 52.8 Å². The maximum absolute atomic E-state index is 12.8. The van der Waals surface area contributed by atoms with Gasteiger partial charge >= 0.3 is 0 Å². The number of aromatic nitrogens is 1. The molecule has 4 rings (SSSR count). The van der Waals surface area contributed by atoms with Gasteiger partial charge in [0.25, 0.3) is 0 Å². The largest absolute Gasteiger partial charge is 0.376 e. The highest BCUT2D eigenvalue weighted by molar-refractivity contribution is 8.38. The number of ether oxygens (including phenoxy) is 1. The molecule has 1 fully saturated rings. The number of Topliss-reactive ketones (excluding diaryl/α,β-unsaturated/α-hetero) is 1. The first kappa shape index (κ1) is 18.8. The predicted molar refractivity (Wildman–Crippen MR) is 115 cm³/mol. The molecular formula is C21H24N2O2S2. The van der Waals surface area contributed by atoms with Gasteiger partial charge < -0.3 is 9.30 Å². The van der Waals surface area contributed by atoms with Crippen LogP contribution in [0.2, 0.25) is 0 Å². The number of fused-ring (bicyclic) bond motifs is 1. The monoisotopic (exact) mass is 400 g/mol. The highest BCUT2D eigenvalue weighted by Gasteiger charge is 2.22. The van der Waals surface area contributed by atoms with Gasteiger partial charge in [0.15, 0.2) is 5.78 Å². The lowest BCUT2D eigenvalue weighted by atomic mass is 10.2. The second-order valence-corrected chi connectivity index (χ2v) is 9.22. The number of aliphatic imine (C=N–C) groups is 1. The van der Waals surface area contributed by atoms with Gasteiger partial charge in [-0.25, -0.2) is 4.99 Å². The molecule has 1 aromatic carbocycles. The summed E-state index contributed by atoms with van der Waals surface area (Å²) in [5, 5.41) is 0. The number of benzene rings is 1. The van der Waals surface area contributed by atoms with Crippen LogP contribution >= 0.6 is 23.5 Å². The number of hydrogen-bond acceptors (Lipinski definition) is 5. The zero-order valence-corrected chi connectivity index (χ0v) is 17.4. The van der Waals surface area contributed by atoms with E-state index in [-0.39, 0.29) is 11.9 Å². The summed E-state index contributed by atoms with van der Waals surface area (Å²) < 4.78 is 8.98. The van der Waals surface area contributed by atoms with E-state index in [0.717, 1.165) is 58.8 Å². The van der Waals surface area contributed by atoms with E-state index in [1.54, 1.807) is 23.5 Å². The standard InChI is InChI=1S/C21H24N2O2S2/c1-14-10-18(15(2)23(14)11-17-7-5-9-25-17)20(24)13-27-21-22-19-8-4-3-6-16(19)12-26-21/h3-4,6,8,10,17H,5,7,9,11-13H2,1-2H3/t17-/m1/s1. The third-order valence-electron chi connectivity index (χ3n) is 5.17. The van der Waals surface area contributed by atoms with Gasteiger partial charge in [0, 0.05) is 35.9 Å². The molecule has 142 valence electrons. The highest BCUT2D eigenvalue weighted by atomic mass is 32.2. The number of thioether (sulfide) groups is 2. The van der Waals surface area contributed by atoms with Crippen molar-refractivity contribution in [1.82, 2.24) is 4.57 Å². The van der Waals surface area contributed by atoms with E-state index in [4.69, 9.17) is 9.73 Å². The van der Waals surface area contributed by atoms with Gasteiger partial charge in [0.1, 0.15) is 4.38 Å². The quantitative estimate of drug-likeness (QED) is 0.652. The van der Waals surface area contributed by atoms with E-state index in [1.807, 2.05) is 31.2 Å². The number of rotatable bonds is 5. The molecule has 0 saturated carbocycles. The van der Waals surface area contributed by atoms with Crippen molar-refractivity contribution in [2.45, 2.75) is 45.1 Å². The number of carbonyl (C=O) groups excluding carboxylic acids is 1. The molecule has 2 aliphatic heterocycles. The Kier molecular flexibility index (Phi) is 5.76. The van der Waals surface area contributed by atoms with Crippen molar-refractivity contribution >= 4 is 39.4 Å². The van der Waals surface area contributed by atoms with Crippen LogP contribution in [0, 0.1) is 13.8 Å². The van der Waals surface area contributed by atoms with Crippen molar-refractivity contribution in [2.75, 3.05) is 12.4 Å². The fourth-order valence-electron chi connectivity index (χ4n) is 3.65. The number of carbonyl (C=O) groups is 1. The zero-order valence-electron chi connectivity index (χ0n) is 15.7. The normalized spacial score (nSPS) is 19.0. The number of para-hydroxylation sites is 1. The third-order valence-corrected chi connectivity index (χ3v) is 7.41. The Morgan fingerprint density at radius 3 is 3.04 bits per heavy atom. The summed E-state index contributed by atoms with van der Waals surface area (Å²) in [5.74, 6) is 1.53. The summed E-state index contributed by atoms with van der Waals surface area (Å²) >= 11 is 3.27. The van der Waals surface area contributed by atoms with Gasteiger partial charge in [-0.1, -0.05) is 41.7 Å². The summed E-state index contributed by atoms with van der Waals surface area (Å²) in [6.45, 7) is 5.82. The molecule has 0 spiro atoms. The molecule has 0 bridgehead atoms. The Morgan fingerprint density at radius 2 is 2.22 bits per heavy atom. The lowest BCUT2D eigenvalue weighted by molar-refractivity contribution is 0.0957. The van der Waals surface area contributed by atoms with Gasteiger partial charge in [-0.3, -0.25) is 4.79 Å². The van der Waals surface area contributed by atoms with Crippen molar-refractivity contribution in [1.29, 1.82) is 0 Å². The molecule has 3 heterocycles. The average molecular weight is 401 g/mol. The molecule has 0 aliphatic carbocycles. The number of hydrogen-bond donors (Lipinski definition) is 0. The topological polar surface area (TPSA) is 43.6 Å². The molecule has 0 unspecified atom stereocenters. The molecule has 1 saturated heterocycles. The van der Waals surface area contributed by atoms with Crippen LogP contribution in [0.1, 0.15) is 40.2 Å². The van der Waals surface area contributed by atoms with Gasteiger partial charge in [0.05, 0.1) is 17.5 Å². The molecule has 0 radical (unpaired) electrons. The fourth-order valence-corrected chi connectivity index (χ4v) is 5.59. The molecule has 6 heteroatoms. The lowest BCUT2D eigenvalue weighted by Crippen LogP contribution is -2.17. The zero-order chi connectivity index (χ0) is 18.8. The van der Waals surface area contributed by atoms with Crippen LogP contribution in [0.5, 0.6) is 0 Å². The number of aryl methyl sites for hydroxylation is 1. The summed E-state index contributed by atoms with van der Waals surface area (Å²) in [5.41, 5.74) is 5.31. The van der Waals surface area contributed by atoms with Crippen LogP contribution in [0.25, 0.3) is 0 Å². The van der Waals surface area contributed by atoms with Crippen molar-refractivity contribution in [3.63, 3.8) is 0 Å². The molecule has 2 aliphatic rings. The van der Waals surface area contributed by atoms with Crippen LogP contribution in [-0.4, -0.2) is 33.2 Å². The molecule has 27 heavy (non-hydrogen) atoms. The van der Waals surface area contributed by atoms with Crippen LogP contribution in [0.4, 0.5) is 5.69 Å². The minimum absolute atomic E-state index is 0.175. The Labute approximate surface area is 168 Å². The van der Waals surface area contributed by atoms with E-state index < -0.39 is 0 Å². The van der Waals surface area contributed by atoms with Gasteiger partial charge in [-0.15, -0.1) is 0 Å². The summed E-state index contributed by atoms with van der Waals surface area (Å²) in [6.07, 6.45) is 2.52. The molecule has 2 aromatic rings. The summed E-state index contributed by atoms with van der Waals surface area (Å²) in [7, 11) is 0. The van der Waals surface area contributed by atoms with Gasteiger partial charge in [0.2, 0.25) is 0 Å². The smallest absolute Gasteiger partial charge is 0.174 e. The van der Waals surface area contributed by atoms with E-state index >= 15 is 0 Å². The Morgan fingerprint density at radius 1 is 1.37 bits per heavy atom. The van der Waals surface area contributed by atoms with E-state index in [1.165, 1.54) is 5.56 Å². The Hall–Kier alpha value is -1.50. The van der Waals surface area contributed by atoms with E-state index in [9.17, 15) is 4.79 Å². The molecule has 4 nitrogen and oxygen atoms in total. The van der Waals surface area contributed by atoms with Gasteiger partial charge in [-0.2, -0.15) is 0 Å². The maximum atomic E-state index is 12.8. The van der Waals surface area contributed by atoms with E-state index in [0.29, 0.717) is 5.75 Å². The SMILES string of the molecule is Cc1cc(C(=O)CSC2=Nc3ccccc3CS2)c(C)n1C[C@H]1CCCO1. The van der Waals surface area contributed by atoms with Crippen molar-refractivity contribution in [2.24, 2.45) is 4.99 Å². The average Bonchev–Trinajstić information content (AvgIpc) is 3.30. The van der Waals surface area contributed by atoms with Crippen LogP contribution in [0.3, 0.4) is 0 Å².